The highest BCUT2D eigenvalue weighted by molar-refractivity contribution is 5.76. The van der Waals surface area contributed by atoms with Crippen LogP contribution in [0.25, 0.3) is 0 Å². The fraction of sp³-hybridized carbons (Fsp3) is 0.703. The van der Waals surface area contributed by atoms with Gasteiger partial charge in [-0.15, -0.1) is 0 Å². The molecule has 2 saturated heterocycles. The molecule has 1 amide bonds. The maximum Gasteiger partial charge on any atom is 0.220 e. The summed E-state index contributed by atoms with van der Waals surface area (Å²) < 4.78 is 22.8. The van der Waals surface area contributed by atoms with E-state index in [2.05, 4.69) is 129 Å². The maximum atomic E-state index is 13.3. The van der Waals surface area contributed by atoms with E-state index in [0.29, 0.717) is 19.3 Å². The SMILES string of the molecule is CC/C=C\C/C=C\C/C=C\C/C=C\C/C=C\C/C=C\C/C=C\C/C=C\C/C=C\CCCC(=O)NC(COC1OC(CO)C(OC2OC(CO)C(O)C(O)C2O)C(O)C1O)C(O)CCCCCCCCCCCCCCCCC. The van der Waals surface area contributed by atoms with Crippen molar-refractivity contribution >= 4 is 5.91 Å². The summed E-state index contributed by atoms with van der Waals surface area (Å²) in [6.07, 6.45) is 50.9. The largest absolute Gasteiger partial charge is 0.394 e. The second-order valence-corrected chi connectivity index (χ2v) is 20.7. The van der Waals surface area contributed by atoms with Gasteiger partial charge in [-0.1, -0.05) is 220 Å². The van der Waals surface area contributed by atoms with Crippen molar-refractivity contribution in [1.82, 2.24) is 5.32 Å². The van der Waals surface area contributed by atoms with E-state index in [4.69, 9.17) is 18.9 Å². The van der Waals surface area contributed by atoms with Gasteiger partial charge >= 0.3 is 0 Å². The van der Waals surface area contributed by atoms with Crippen molar-refractivity contribution in [1.29, 1.82) is 0 Å². The Kier molecular flexibility index (Phi) is 43.9. The van der Waals surface area contributed by atoms with Crippen LogP contribution in [0.1, 0.15) is 194 Å². The van der Waals surface area contributed by atoms with Gasteiger partial charge in [-0.2, -0.15) is 0 Å². The number of carbonyl (C=O) groups is 1. The number of aliphatic hydroxyl groups is 8. The quantitative estimate of drug-likeness (QED) is 0.0204. The fourth-order valence-electron chi connectivity index (χ4n) is 9.18. The normalized spacial score (nSPS) is 25.4. The molecule has 0 aliphatic carbocycles. The first-order valence-electron chi connectivity index (χ1n) is 30.1. The zero-order chi connectivity index (χ0) is 56.7. The summed E-state index contributed by atoms with van der Waals surface area (Å²) in [5, 5.41) is 87.2. The molecule has 2 aliphatic heterocycles. The second-order valence-electron chi connectivity index (χ2n) is 20.7. The zero-order valence-electron chi connectivity index (χ0n) is 47.9. The van der Waals surface area contributed by atoms with Crippen molar-refractivity contribution in [2.75, 3.05) is 19.8 Å². The standard InChI is InChI=1S/C64H107NO13/c1-3-5-7-9-11-13-15-17-19-20-21-22-23-24-25-26-27-28-29-30-31-32-34-36-38-40-42-44-46-48-56(69)65-52(53(68)47-45-43-41-39-37-35-33-18-16-14-12-10-8-6-4-2)51-75-63-61(74)59(72)62(55(50-67)77-63)78-64-60(73)58(71)57(70)54(49-66)76-64/h5,7,11,13,17,19,21-22,24-25,27-28,30-31,34,36,40,42,52-55,57-64,66-68,70-74H,3-4,6,8-10,12,14-16,18,20,23,26,29,32-33,35,37-39,41,43-51H2,1-2H3,(H,65,69)/b7-5-,13-11-,19-17-,22-21-,25-24-,28-27-,31-30-,36-34-,42-40-. The predicted molar refractivity (Wildman–Crippen MR) is 313 cm³/mol. The lowest BCUT2D eigenvalue weighted by Gasteiger charge is -2.46. The highest BCUT2D eigenvalue weighted by atomic mass is 16.7. The highest BCUT2D eigenvalue weighted by Gasteiger charge is 2.51. The van der Waals surface area contributed by atoms with Crippen LogP contribution in [0.3, 0.4) is 0 Å². The minimum atomic E-state index is -1.79. The van der Waals surface area contributed by atoms with Gasteiger partial charge in [-0.25, -0.2) is 0 Å². The Bertz CT molecular complexity index is 1720. The summed E-state index contributed by atoms with van der Waals surface area (Å²) in [7, 11) is 0. The number of rotatable bonds is 46. The minimum Gasteiger partial charge on any atom is -0.394 e. The molecular formula is C64H107NO13. The minimum absolute atomic E-state index is 0.217. The first-order valence-corrected chi connectivity index (χ1v) is 30.1. The van der Waals surface area contributed by atoms with Crippen molar-refractivity contribution in [2.45, 2.75) is 267 Å². The number of allylic oxidation sites excluding steroid dienone is 18. The highest BCUT2D eigenvalue weighted by Crippen LogP contribution is 2.30. The van der Waals surface area contributed by atoms with Gasteiger partial charge in [0.2, 0.25) is 5.91 Å². The van der Waals surface area contributed by atoms with Gasteiger partial charge < -0.3 is 65.1 Å². The van der Waals surface area contributed by atoms with Crippen molar-refractivity contribution in [3.05, 3.63) is 109 Å². The maximum absolute atomic E-state index is 13.3. The molecule has 446 valence electrons. The van der Waals surface area contributed by atoms with E-state index in [-0.39, 0.29) is 18.9 Å². The average Bonchev–Trinajstić information content (AvgIpc) is 3.47. The third-order valence-corrected chi connectivity index (χ3v) is 14.0. The first kappa shape index (κ1) is 70.8. The van der Waals surface area contributed by atoms with Gasteiger partial charge in [0.05, 0.1) is 32.0 Å². The second kappa shape index (κ2) is 48.4. The third-order valence-electron chi connectivity index (χ3n) is 14.0. The number of aliphatic hydroxyl groups excluding tert-OH is 8. The molecule has 12 atom stereocenters. The Morgan fingerprint density at radius 1 is 0.474 bits per heavy atom. The molecule has 0 spiro atoms. The third kappa shape index (κ3) is 33.4. The van der Waals surface area contributed by atoms with Crippen LogP contribution >= 0.6 is 0 Å². The van der Waals surface area contributed by atoms with Crippen LogP contribution in [0.4, 0.5) is 0 Å². The van der Waals surface area contributed by atoms with Crippen LogP contribution in [-0.2, 0) is 23.7 Å². The van der Waals surface area contributed by atoms with Crippen LogP contribution in [-0.4, -0.2) is 140 Å². The summed E-state index contributed by atoms with van der Waals surface area (Å²) in [6, 6.07) is -0.867. The monoisotopic (exact) mass is 1100 g/mol. The molecule has 2 aliphatic rings. The Labute approximate surface area is 470 Å². The lowest BCUT2D eigenvalue weighted by Crippen LogP contribution is -2.65. The van der Waals surface area contributed by atoms with Gasteiger partial charge in [0.1, 0.15) is 48.8 Å². The molecule has 12 unspecified atom stereocenters. The topological polar surface area (TPSA) is 228 Å². The number of nitrogens with one attached hydrogen (secondary N) is 1. The van der Waals surface area contributed by atoms with Gasteiger partial charge in [0.25, 0.3) is 0 Å². The van der Waals surface area contributed by atoms with Gasteiger partial charge in [-0.3, -0.25) is 4.79 Å². The smallest absolute Gasteiger partial charge is 0.220 e. The van der Waals surface area contributed by atoms with Crippen molar-refractivity contribution in [3.63, 3.8) is 0 Å². The lowest BCUT2D eigenvalue weighted by molar-refractivity contribution is -0.359. The molecule has 0 aromatic heterocycles. The molecule has 14 nitrogen and oxygen atoms in total. The van der Waals surface area contributed by atoms with Crippen LogP contribution in [0.2, 0.25) is 0 Å². The Morgan fingerprint density at radius 3 is 1.31 bits per heavy atom. The van der Waals surface area contributed by atoms with Gasteiger partial charge in [0, 0.05) is 6.42 Å². The van der Waals surface area contributed by atoms with E-state index >= 15 is 0 Å². The average molecular weight is 1100 g/mol. The van der Waals surface area contributed by atoms with E-state index in [1.54, 1.807) is 0 Å². The molecule has 0 bridgehead atoms. The molecule has 2 heterocycles. The number of hydrogen-bond donors (Lipinski definition) is 9. The molecule has 2 rings (SSSR count). The number of hydrogen-bond acceptors (Lipinski definition) is 13. The lowest BCUT2D eigenvalue weighted by atomic mass is 9.97. The fourth-order valence-corrected chi connectivity index (χ4v) is 9.18. The van der Waals surface area contributed by atoms with Gasteiger partial charge in [0.15, 0.2) is 12.6 Å². The Balaban J connectivity index is 1.77. The molecule has 2 fully saturated rings. The van der Waals surface area contributed by atoms with Crippen LogP contribution in [0.5, 0.6) is 0 Å². The molecule has 9 N–H and O–H groups in total. The first-order chi connectivity index (χ1) is 38.1. The van der Waals surface area contributed by atoms with E-state index in [1.165, 1.54) is 70.6 Å². The summed E-state index contributed by atoms with van der Waals surface area (Å²) in [6.45, 7) is 2.69. The van der Waals surface area contributed by atoms with Gasteiger partial charge in [-0.05, 0) is 77.0 Å². The number of unbranched alkanes of at least 4 members (excludes halogenated alkanes) is 15. The van der Waals surface area contributed by atoms with Crippen LogP contribution in [0, 0.1) is 0 Å². The van der Waals surface area contributed by atoms with E-state index in [9.17, 15) is 45.6 Å². The Morgan fingerprint density at radius 2 is 0.872 bits per heavy atom. The molecule has 0 radical (unpaired) electrons. The Hall–Kier alpha value is -3.35. The number of ether oxygens (including phenoxy) is 4. The molecule has 0 aromatic carbocycles. The van der Waals surface area contributed by atoms with Crippen molar-refractivity contribution in [3.8, 4) is 0 Å². The summed E-state index contributed by atoms with van der Waals surface area (Å²) in [4.78, 5) is 13.3. The van der Waals surface area contributed by atoms with Crippen molar-refractivity contribution < 1.29 is 64.6 Å². The van der Waals surface area contributed by atoms with Crippen LogP contribution < -0.4 is 5.32 Å². The molecule has 0 saturated carbocycles. The molecule has 0 aromatic rings. The molecule has 14 heteroatoms. The summed E-state index contributed by atoms with van der Waals surface area (Å²) >= 11 is 0. The number of amides is 1. The summed E-state index contributed by atoms with van der Waals surface area (Å²) in [5.41, 5.74) is 0. The number of carbonyl (C=O) groups excluding carboxylic acids is 1. The van der Waals surface area contributed by atoms with E-state index in [0.717, 1.165) is 83.5 Å². The van der Waals surface area contributed by atoms with Crippen LogP contribution in [0.15, 0.2) is 109 Å². The van der Waals surface area contributed by atoms with E-state index < -0.39 is 86.8 Å². The molecular weight excluding hydrogens is 991 g/mol. The zero-order valence-corrected chi connectivity index (χ0v) is 47.9. The predicted octanol–water partition coefficient (Wildman–Crippen LogP) is 10.4. The van der Waals surface area contributed by atoms with Crippen molar-refractivity contribution in [2.24, 2.45) is 0 Å². The van der Waals surface area contributed by atoms with E-state index in [1.807, 2.05) is 0 Å². The molecule has 78 heavy (non-hydrogen) atoms. The summed E-state index contributed by atoms with van der Waals surface area (Å²) in [5.74, 6) is -0.269.